The molecule has 4 rings (SSSR count). The van der Waals surface area contributed by atoms with Crippen molar-refractivity contribution >= 4 is 12.0 Å². The second kappa shape index (κ2) is 8.65. The summed E-state index contributed by atoms with van der Waals surface area (Å²) in [5.74, 6) is 1.84. The summed E-state index contributed by atoms with van der Waals surface area (Å²) in [4.78, 5) is 16.4. The van der Waals surface area contributed by atoms with Gasteiger partial charge in [-0.25, -0.2) is 4.98 Å². The molecule has 29 heavy (non-hydrogen) atoms. The molecule has 148 valence electrons. The lowest BCUT2D eigenvalue weighted by atomic mass is 9.93. The number of nitrogens with zero attached hydrogens (tertiary/aromatic N) is 2. The number of carbonyl (C=O) groups is 1. The van der Waals surface area contributed by atoms with Crippen LogP contribution < -0.4 is 19.5 Å². The summed E-state index contributed by atoms with van der Waals surface area (Å²) in [6.07, 6.45) is 8.29. The zero-order chi connectivity index (χ0) is 20.1. The van der Waals surface area contributed by atoms with Gasteiger partial charge >= 0.3 is 0 Å². The van der Waals surface area contributed by atoms with Gasteiger partial charge in [-0.15, -0.1) is 0 Å². The summed E-state index contributed by atoms with van der Waals surface area (Å²) < 4.78 is 16.5. The van der Waals surface area contributed by atoms with Gasteiger partial charge in [-0.1, -0.05) is 6.07 Å². The number of benzene rings is 1. The molecule has 0 spiro atoms. The van der Waals surface area contributed by atoms with E-state index in [1.165, 1.54) is 6.20 Å². The summed E-state index contributed by atoms with van der Waals surface area (Å²) in [5.41, 5.74) is 1.40. The number of pyridine rings is 1. The van der Waals surface area contributed by atoms with Crippen molar-refractivity contribution in [3.8, 4) is 23.4 Å². The number of hydrogen-bond donors (Lipinski definition) is 1. The largest absolute Gasteiger partial charge is 0.474 e. The Balaban J connectivity index is 1.22. The first-order chi connectivity index (χ1) is 14.2. The number of fused-ring (bicyclic) bond motifs is 1. The van der Waals surface area contributed by atoms with Crippen molar-refractivity contribution < 1.29 is 19.0 Å². The predicted octanol–water partition coefficient (Wildman–Crippen LogP) is 3.20. The number of nitriles is 1. The van der Waals surface area contributed by atoms with E-state index in [0.29, 0.717) is 17.2 Å². The predicted molar refractivity (Wildman–Crippen MR) is 105 cm³/mol. The van der Waals surface area contributed by atoms with Gasteiger partial charge in [0.2, 0.25) is 18.6 Å². The molecule has 0 atom stereocenters. The molecule has 1 aromatic carbocycles. The Labute approximate surface area is 168 Å². The molecular weight excluding hydrogens is 370 g/mol. The van der Waals surface area contributed by atoms with E-state index in [1.54, 1.807) is 24.3 Å². The molecule has 1 aliphatic heterocycles. The summed E-state index contributed by atoms with van der Waals surface area (Å²) in [6, 6.07) is 11.2. The van der Waals surface area contributed by atoms with Gasteiger partial charge in [0.25, 0.3) is 0 Å². The van der Waals surface area contributed by atoms with E-state index < -0.39 is 0 Å². The Morgan fingerprint density at radius 2 is 2.00 bits per heavy atom. The lowest BCUT2D eigenvalue weighted by molar-refractivity contribution is -0.117. The van der Waals surface area contributed by atoms with E-state index in [2.05, 4.69) is 10.3 Å². The third-order valence-electron chi connectivity index (χ3n) is 5.00. The Bertz CT molecular complexity index is 942. The average molecular weight is 391 g/mol. The quantitative estimate of drug-likeness (QED) is 0.787. The van der Waals surface area contributed by atoms with Crippen molar-refractivity contribution in [3.63, 3.8) is 0 Å². The van der Waals surface area contributed by atoms with E-state index >= 15 is 0 Å². The van der Waals surface area contributed by atoms with Gasteiger partial charge in [0.15, 0.2) is 11.5 Å². The van der Waals surface area contributed by atoms with E-state index in [1.807, 2.05) is 24.3 Å². The lowest BCUT2D eigenvalue weighted by Crippen LogP contribution is -2.39. The van der Waals surface area contributed by atoms with Crippen molar-refractivity contribution in [2.24, 2.45) is 0 Å². The van der Waals surface area contributed by atoms with E-state index in [-0.39, 0.29) is 24.8 Å². The van der Waals surface area contributed by atoms with Crippen molar-refractivity contribution in [1.82, 2.24) is 10.3 Å². The summed E-state index contributed by atoms with van der Waals surface area (Å²) >= 11 is 0. The van der Waals surface area contributed by atoms with Crippen LogP contribution in [0.5, 0.6) is 17.4 Å². The molecule has 0 saturated heterocycles. The Hall–Kier alpha value is -3.53. The minimum absolute atomic E-state index is 0.0766. The van der Waals surface area contributed by atoms with Crippen molar-refractivity contribution in [3.05, 3.63) is 53.7 Å². The van der Waals surface area contributed by atoms with Crippen LogP contribution in [-0.4, -0.2) is 29.8 Å². The summed E-state index contributed by atoms with van der Waals surface area (Å²) in [7, 11) is 0. The molecule has 2 aliphatic rings. The maximum Gasteiger partial charge on any atom is 0.244 e. The Morgan fingerprint density at radius 1 is 1.17 bits per heavy atom. The van der Waals surface area contributed by atoms with Gasteiger partial charge in [-0.05, 0) is 55.5 Å². The normalized spacial score (nSPS) is 20.2. The Kier molecular flexibility index (Phi) is 5.61. The van der Waals surface area contributed by atoms with Gasteiger partial charge < -0.3 is 19.5 Å². The third kappa shape index (κ3) is 4.85. The van der Waals surface area contributed by atoms with Crippen LogP contribution in [0.15, 0.2) is 42.6 Å². The second-order valence-corrected chi connectivity index (χ2v) is 7.04. The van der Waals surface area contributed by atoms with E-state index in [0.717, 1.165) is 37.0 Å². The van der Waals surface area contributed by atoms with Gasteiger partial charge in [0.05, 0.1) is 5.56 Å². The first-order valence-corrected chi connectivity index (χ1v) is 9.60. The van der Waals surface area contributed by atoms with E-state index in [9.17, 15) is 4.79 Å². The molecule has 1 N–H and O–H groups in total. The summed E-state index contributed by atoms with van der Waals surface area (Å²) in [5, 5.41) is 11.9. The molecule has 0 radical (unpaired) electrons. The molecule has 1 saturated carbocycles. The number of nitrogens with one attached hydrogen (secondary N) is 1. The molecule has 7 heteroatoms. The molecule has 0 bridgehead atoms. The molecule has 1 amide bonds. The highest BCUT2D eigenvalue weighted by atomic mass is 16.7. The number of rotatable bonds is 5. The zero-order valence-corrected chi connectivity index (χ0v) is 15.8. The van der Waals surface area contributed by atoms with Crippen LogP contribution in [0, 0.1) is 11.3 Å². The van der Waals surface area contributed by atoms with Crippen molar-refractivity contribution in [2.75, 3.05) is 6.79 Å². The van der Waals surface area contributed by atoms with Crippen LogP contribution >= 0.6 is 0 Å². The number of hydrogen-bond acceptors (Lipinski definition) is 6. The van der Waals surface area contributed by atoms with Crippen LogP contribution in [0.2, 0.25) is 0 Å². The number of aromatic nitrogens is 1. The van der Waals surface area contributed by atoms with Crippen molar-refractivity contribution in [2.45, 2.75) is 37.8 Å². The van der Waals surface area contributed by atoms with E-state index in [4.69, 9.17) is 19.5 Å². The topological polar surface area (TPSA) is 93.5 Å². The maximum absolute atomic E-state index is 12.2. The molecule has 1 aliphatic carbocycles. The molecular formula is C22H21N3O4. The number of ether oxygens (including phenoxy) is 3. The van der Waals surface area contributed by atoms with Crippen LogP contribution in [0.3, 0.4) is 0 Å². The maximum atomic E-state index is 12.2. The molecule has 0 unspecified atom stereocenters. The van der Waals surface area contributed by atoms with Crippen LogP contribution in [0.1, 0.15) is 36.8 Å². The standard InChI is InChI=1S/C22H21N3O4/c23-12-16-3-10-22(24-13-16)29-18-6-4-17(5-7-18)25-21(26)9-2-15-1-8-19-20(11-15)28-14-27-19/h1-3,8-11,13,17-18H,4-7,14H2,(H,25,26)/b9-2+. The fourth-order valence-electron chi connectivity index (χ4n) is 3.45. The third-order valence-corrected chi connectivity index (χ3v) is 5.00. The van der Waals surface area contributed by atoms with Gasteiger partial charge in [0.1, 0.15) is 12.2 Å². The van der Waals surface area contributed by atoms with Gasteiger partial charge in [0, 0.05) is 24.4 Å². The monoisotopic (exact) mass is 391 g/mol. The average Bonchev–Trinajstić information content (AvgIpc) is 3.22. The molecule has 1 aromatic heterocycles. The number of carbonyl (C=O) groups excluding carboxylic acids is 1. The second-order valence-electron chi connectivity index (χ2n) is 7.04. The lowest BCUT2D eigenvalue weighted by Gasteiger charge is -2.28. The molecule has 1 fully saturated rings. The molecule has 2 aromatic rings. The minimum Gasteiger partial charge on any atom is -0.474 e. The van der Waals surface area contributed by atoms with Crippen LogP contribution in [-0.2, 0) is 4.79 Å². The molecule has 2 heterocycles. The first-order valence-electron chi connectivity index (χ1n) is 9.60. The number of amides is 1. The van der Waals surface area contributed by atoms with Crippen LogP contribution in [0.4, 0.5) is 0 Å². The van der Waals surface area contributed by atoms with Gasteiger partial charge in [-0.3, -0.25) is 4.79 Å². The summed E-state index contributed by atoms with van der Waals surface area (Å²) in [6.45, 7) is 0.233. The highest BCUT2D eigenvalue weighted by Gasteiger charge is 2.23. The van der Waals surface area contributed by atoms with Crippen molar-refractivity contribution in [1.29, 1.82) is 5.26 Å². The fourth-order valence-corrected chi connectivity index (χ4v) is 3.45. The highest BCUT2D eigenvalue weighted by molar-refractivity contribution is 5.92. The smallest absolute Gasteiger partial charge is 0.244 e. The fraction of sp³-hybridized carbons (Fsp3) is 0.318. The SMILES string of the molecule is N#Cc1ccc(OC2CCC(NC(=O)/C=C/c3ccc4c(c3)OCO4)CC2)nc1. The van der Waals surface area contributed by atoms with Crippen LogP contribution in [0.25, 0.3) is 6.08 Å². The highest BCUT2D eigenvalue weighted by Crippen LogP contribution is 2.32. The minimum atomic E-state index is -0.110. The zero-order valence-electron chi connectivity index (χ0n) is 15.8. The van der Waals surface area contributed by atoms with Gasteiger partial charge in [-0.2, -0.15) is 5.26 Å². The Morgan fingerprint density at radius 3 is 2.76 bits per heavy atom. The first kappa shape index (κ1) is 18.8. The molecule has 7 nitrogen and oxygen atoms in total.